The van der Waals surface area contributed by atoms with Gasteiger partial charge >= 0.3 is 5.97 Å². The molecule has 1 atom stereocenters. The Morgan fingerprint density at radius 1 is 1.17 bits per heavy atom. The Balaban J connectivity index is 1.94. The minimum Gasteiger partial charge on any atom is -0.545 e. The van der Waals surface area contributed by atoms with Crippen LogP contribution in [0.2, 0.25) is 0 Å². The number of para-hydroxylation sites is 1. The Labute approximate surface area is 211 Å². The lowest BCUT2D eigenvalue weighted by Gasteiger charge is -2.26. The summed E-state index contributed by atoms with van der Waals surface area (Å²) < 4.78 is 13.3. The maximum atomic E-state index is 13.7. The van der Waals surface area contributed by atoms with E-state index in [9.17, 15) is 19.5 Å². The third-order valence-corrected chi connectivity index (χ3v) is 6.52. The first-order chi connectivity index (χ1) is 17.2. The van der Waals surface area contributed by atoms with Crippen molar-refractivity contribution in [1.82, 2.24) is 4.57 Å². The second-order valence-corrected chi connectivity index (χ2v) is 9.43. The van der Waals surface area contributed by atoms with Crippen LogP contribution in [0.3, 0.4) is 0 Å². The van der Waals surface area contributed by atoms with E-state index in [0.29, 0.717) is 31.9 Å². The van der Waals surface area contributed by atoms with E-state index in [4.69, 9.17) is 9.47 Å². The predicted molar refractivity (Wildman–Crippen MR) is 133 cm³/mol. The topological polar surface area (TPSA) is 110 Å². The van der Waals surface area contributed by atoms with Gasteiger partial charge in [-0.15, -0.1) is 0 Å². The molecule has 1 aliphatic heterocycles. The summed E-state index contributed by atoms with van der Waals surface area (Å²) in [5.41, 5.74) is 1.74. The third-order valence-electron chi connectivity index (χ3n) is 5.54. The lowest BCUT2D eigenvalue weighted by atomic mass is 9.95. The van der Waals surface area contributed by atoms with Crippen LogP contribution >= 0.6 is 11.3 Å². The number of fused-ring (bicyclic) bond motifs is 1. The van der Waals surface area contributed by atoms with Gasteiger partial charge < -0.3 is 19.4 Å². The van der Waals surface area contributed by atoms with Crippen LogP contribution in [0.1, 0.15) is 55.2 Å². The fraction of sp³-hybridized carbons (Fsp3) is 0.259. The summed E-state index contributed by atoms with van der Waals surface area (Å²) in [7, 11) is 0. The second kappa shape index (κ2) is 10.3. The van der Waals surface area contributed by atoms with Gasteiger partial charge in [0.05, 0.1) is 34.5 Å². The Kier molecular flexibility index (Phi) is 7.21. The molecule has 186 valence electrons. The molecule has 36 heavy (non-hydrogen) atoms. The number of thiazole rings is 1. The Bertz CT molecular complexity index is 1530. The SMILES string of the molecule is CCOC(=O)C1=C(C)N=c2sc(=Cc3ccc(C(=O)[O-])cc3)c(=O)n2[C@H]1c1ccccc1OC(C)C. The van der Waals surface area contributed by atoms with Crippen molar-refractivity contribution in [3.05, 3.63) is 96.2 Å². The van der Waals surface area contributed by atoms with Crippen molar-refractivity contribution in [2.45, 2.75) is 39.8 Å². The lowest BCUT2D eigenvalue weighted by molar-refractivity contribution is -0.255. The molecule has 0 radical (unpaired) electrons. The molecule has 0 spiro atoms. The zero-order valence-corrected chi connectivity index (χ0v) is 21.1. The first-order valence-corrected chi connectivity index (χ1v) is 12.3. The smallest absolute Gasteiger partial charge is 0.338 e. The minimum atomic E-state index is -1.27. The number of aromatic carboxylic acids is 1. The zero-order chi connectivity index (χ0) is 26.0. The molecule has 8 nitrogen and oxygen atoms in total. The summed E-state index contributed by atoms with van der Waals surface area (Å²) in [5, 5.41) is 11.0. The van der Waals surface area contributed by atoms with Gasteiger partial charge in [0, 0.05) is 5.56 Å². The highest BCUT2D eigenvalue weighted by Gasteiger charge is 2.35. The zero-order valence-electron chi connectivity index (χ0n) is 20.3. The van der Waals surface area contributed by atoms with E-state index in [2.05, 4.69) is 4.99 Å². The largest absolute Gasteiger partial charge is 0.545 e. The summed E-state index contributed by atoms with van der Waals surface area (Å²) in [4.78, 5) is 42.8. The Morgan fingerprint density at radius 2 is 1.86 bits per heavy atom. The molecule has 0 bridgehead atoms. The fourth-order valence-corrected chi connectivity index (χ4v) is 5.07. The van der Waals surface area contributed by atoms with E-state index in [1.165, 1.54) is 28.0 Å². The molecule has 3 aromatic rings. The van der Waals surface area contributed by atoms with Crippen molar-refractivity contribution in [1.29, 1.82) is 0 Å². The standard InChI is InChI=1S/C27H26N2O6S/c1-5-34-26(33)22-16(4)28-27-29(23(22)19-8-6-7-9-20(19)35-15(2)3)24(30)21(36-27)14-17-10-12-18(13-11-17)25(31)32/h6-15,23H,5H2,1-4H3,(H,31,32)/p-1/t23-/m0/s1. The summed E-state index contributed by atoms with van der Waals surface area (Å²) in [6.45, 7) is 7.43. The fourth-order valence-electron chi connectivity index (χ4n) is 4.02. The number of benzene rings is 2. The van der Waals surface area contributed by atoms with Gasteiger partial charge in [0.1, 0.15) is 11.8 Å². The number of hydrogen-bond donors (Lipinski definition) is 0. The van der Waals surface area contributed by atoms with Crippen molar-refractivity contribution in [2.24, 2.45) is 4.99 Å². The number of carboxylic acids is 1. The van der Waals surface area contributed by atoms with Gasteiger partial charge in [-0.3, -0.25) is 9.36 Å². The molecule has 0 amide bonds. The molecular weight excluding hydrogens is 480 g/mol. The van der Waals surface area contributed by atoms with Crippen molar-refractivity contribution in [3.8, 4) is 5.75 Å². The summed E-state index contributed by atoms with van der Waals surface area (Å²) in [5.74, 6) is -1.26. The number of ether oxygens (including phenoxy) is 2. The van der Waals surface area contributed by atoms with E-state index < -0.39 is 18.0 Å². The summed E-state index contributed by atoms with van der Waals surface area (Å²) in [6.07, 6.45) is 1.54. The van der Waals surface area contributed by atoms with Crippen LogP contribution in [-0.2, 0) is 9.53 Å². The van der Waals surface area contributed by atoms with Crippen molar-refractivity contribution < 1.29 is 24.2 Å². The van der Waals surface area contributed by atoms with E-state index in [1.807, 2.05) is 38.1 Å². The van der Waals surface area contributed by atoms with E-state index in [1.54, 1.807) is 32.1 Å². The quantitative estimate of drug-likeness (QED) is 0.454. The van der Waals surface area contributed by atoms with E-state index >= 15 is 0 Å². The van der Waals surface area contributed by atoms with Gasteiger partial charge in [0.25, 0.3) is 5.56 Å². The average Bonchev–Trinajstić information content (AvgIpc) is 3.13. The van der Waals surface area contributed by atoms with Crippen LogP contribution in [0.15, 0.2) is 69.6 Å². The van der Waals surface area contributed by atoms with Gasteiger partial charge in [-0.1, -0.05) is 53.8 Å². The maximum absolute atomic E-state index is 13.7. The van der Waals surface area contributed by atoms with E-state index in [-0.39, 0.29) is 29.4 Å². The molecule has 0 saturated carbocycles. The van der Waals surface area contributed by atoms with Crippen LogP contribution < -0.4 is 24.7 Å². The molecular formula is C27H25N2O6S-. The van der Waals surface area contributed by atoms with Crippen LogP contribution in [0.25, 0.3) is 6.08 Å². The molecule has 2 heterocycles. The van der Waals surface area contributed by atoms with Gasteiger partial charge in [-0.25, -0.2) is 9.79 Å². The third kappa shape index (κ3) is 4.87. The molecule has 0 N–H and O–H groups in total. The van der Waals surface area contributed by atoms with E-state index in [0.717, 1.165) is 0 Å². The van der Waals surface area contributed by atoms with Crippen molar-refractivity contribution >= 4 is 29.4 Å². The highest BCUT2D eigenvalue weighted by molar-refractivity contribution is 7.07. The average molecular weight is 506 g/mol. The van der Waals surface area contributed by atoms with Crippen LogP contribution in [-0.4, -0.2) is 29.2 Å². The molecule has 0 fully saturated rings. The monoisotopic (exact) mass is 505 g/mol. The number of aromatic nitrogens is 1. The van der Waals surface area contributed by atoms with Crippen LogP contribution in [0.4, 0.5) is 0 Å². The normalized spacial score (nSPS) is 15.5. The molecule has 1 aromatic heterocycles. The molecule has 4 rings (SSSR count). The number of carbonyl (C=O) groups excluding carboxylic acids is 2. The van der Waals surface area contributed by atoms with Gasteiger partial charge in [0.2, 0.25) is 0 Å². The highest BCUT2D eigenvalue weighted by atomic mass is 32.1. The molecule has 1 aliphatic rings. The van der Waals surface area contributed by atoms with Gasteiger partial charge in [-0.05, 0) is 51.0 Å². The molecule has 0 unspecified atom stereocenters. The predicted octanol–water partition coefficient (Wildman–Crippen LogP) is 1.95. The minimum absolute atomic E-state index is 0.0464. The molecule has 9 heteroatoms. The first kappa shape index (κ1) is 25.1. The number of hydrogen-bond acceptors (Lipinski definition) is 8. The number of carboxylic acid groups (broad SMARTS) is 1. The van der Waals surface area contributed by atoms with Crippen molar-refractivity contribution in [2.75, 3.05) is 6.61 Å². The van der Waals surface area contributed by atoms with Crippen LogP contribution in [0, 0.1) is 0 Å². The summed E-state index contributed by atoms with van der Waals surface area (Å²) in [6, 6.07) is 12.5. The first-order valence-electron chi connectivity index (χ1n) is 11.5. The number of allylic oxidation sites excluding steroid dienone is 1. The highest BCUT2D eigenvalue weighted by Crippen LogP contribution is 2.36. The molecule has 2 aromatic carbocycles. The lowest BCUT2D eigenvalue weighted by Crippen LogP contribution is -2.40. The second-order valence-electron chi connectivity index (χ2n) is 8.42. The number of carbonyl (C=O) groups is 2. The molecule has 0 aliphatic carbocycles. The van der Waals surface area contributed by atoms with Gasteiger partial charge in [-0.2, -0.15) is 0 Å². The molecule has 0 saturated heterocycles. The summed E-state index contributed by atoms with van der Waals surface area (Å²) >= 11 is 1.19. The van der Waals surface area contributed by atoms with Crippen molar-refractivity contribution in [3.63, 3.8) is 0 Å². The number of esters is 1. The number of nitrogens with zero attached hydrogens (tertiary/aromatic N) is 2. The Hall–Kier alpha value is -3.98. The Morgan fingerprint density at radius 3 is 2.50 bits per heavy atom. The maximum Gasteiger partial charge on any atom is 0.338 e. The number of rotatable bonds is 7. The van der Waals surface area contributed by atoms with Gasteiger partial charge in [0.15, 0.2) is 4.80 Å². The van der Waals surface area contributed by atoms with Crippen LogP contribution in [0.5, 0.6) is 5.75 Å².